The monoisotopic (exact) mass is 290 g/mol. The Labute approximate surface area is 104 Å². The summed E-state index contributed by atoms with van der Waals surface area (Å²) in [6, 6.07) is 0. The summed E-state index contributed by atoms with van der Waals surface area (Å²) in [5, 5.41) is 29.2. The zero-order chi connectivity index (χ0) is 11.7. The molecule has 3 N–H and O–H groups in total. The molecule has 4 aliphatic carbocycles. The molecule has 4 heteroatoms. The molecule has 0 aliphatic heterocycles. The number of aliphatic hydroxyl groups excluding tert-OH is 3. The summed E-state index contributed by atoms with van der Waals surface area (Å²) in [5.41, 5.74) is -0.385. The summed E-state index contributed by atoms with van der Waals surface area (Å²) in [6.45, 7) is 0.467. The first kappa shape index (κ1) is 11.5. The first-order valence-corrected chi connectivity index (χ1v) is 6.78. The van der Waals surface area contributed by atoms with Gasteiger partial charge >= 0.3 is 0 Å². The molecule has 0 spiro atoms. The number of halogens is 1. The van der Waals surface area contributed by atoms with E-state index in [1.807, 2.05) is 0 Å². The van der Waals surface area contributed by atoms with E-state index >= 15 is 0 Å². The average molecular weight is 291 g/mol. The maximum Gasteiger partial charge on any atom is 0.0494 e. The van der Waals surface area contributed by atoms with Gasteiger partial charge in [0.2, 0.25) is 0 Å². The summed E-state index contributed by atoms with van der Waals surface area (Å²) in [5.74, 6) is 0. The topological polar surface area (TPSA) is 60.7 Å². The van der Waals surface area contributed by atoms with Gasteiger partial charge in [0.15, 0.2) is 0 Å². The van der Waals surface area contributed by atoms with Crippen molar-refractivity contribution < 1.29 is 15.3 Å². The van der Waals surface area contributed by atoms with Crippen LogP contribution in [0.2, 0.25) is 0 Å². The van der Waals surface area contributed by atoms with Crippen molar-refractivity contribution >= 4 is 15.9 Å². The second-order valence-corrected chi connectivity index (χ2v) is 8.25. The van der Waals surface area contributed by atoms with Gasteiger partial charge in [0.05, 0.1) is 0 Å². The lowest BCUT2D eigenvalue weighted by molar-refractivity contribution is -0.00563. The second kappa shape index (κ2) is 3.02. The van der Waals surface area contributed by atoms with Crippen LogP contribution in [0.5, 0.6) is 0 Å². The Hall–Kier alpha value is 0.360. The Morgan fingerprint density at radius 2 is 1.25 bits per heavy atom. The zero-order valence-electron chi connectivity index (χ0n) is 9.38. The van der Waals surface area contributed by atoms with Gasteiger partial charge in [-0.25, -0.2) is 0 Å². The maximum atomic E-state index is 9.77. The van der Waals surface area contributed by atoms with Crippen molar-refractivity contribution in [3.8, 4) is 0 Å². The molecule has 4 aliphatic rings. The van der Waals surface area contributed by atoms with Crippen molar-refractivity contribution in [3.63, 3.8) is 0 Å². The lowest BCUT2D eigenvalue weighted by Gasteiger charge is -2.44. The summed E-state index contributed by atoms with van der Waals surface area (Å²) in [4.78, 5) is 0. The fraction of sp³-hybridized carbons (Fsp3) is 1.00. The molecule has 3 nitrogen and oxygen atoms in total. The summed E-state index contributed by atoms with van der Waals surface area (Å²) in [7, 11) is 0. The highest BCUT2D eigenvalue weighted by molar-refractivity contribution is 9.10. The van der Waals surface area contributed by atoms with Crippen molar-refractivity contribution in [2.75, 3.05) is 19.8 Å². The van der Waals surface area contributed by atoms with E-state index in [0.29, 0.717) is 0 Å². The smallest absolute Gasteiger partial charge is 0.0494 e. The Morgan fingerprint density at radius 1 is 0.750 bits per heavy atom. The highest BCUT2D eigenvalue weighted by Crippen LogP contribution is 2.78. The van der Waals surface area contributed by atoms with Crippen LogP contribution in [-0.2, 0) is 0 Å². The van der Waals surface area contributed by atoms with E-state index in [9.17, 15) is 15.3 Å². The van der Waals surface area contributed by atoms with Crippen LogP contribution in [0.3, 0.4) is 0 Å². The van der Waals surface area contributed by atoms with Crippen LogP contribution in [0.25, 0.3) is 0 Å². The molecule has 0 aromatic carbocycles. The molecule has 4 bridgehead atoms. The van der Waals surface area contributed by atoms with Crippen LogP contribution in [0, 0.1) is 16.2 Å². The SMILES string of the molecule is OCC12CC3(Br)CC(CO)(C1)C(CO)(C3)C2. The fourth-order valence-electron chi connectivity index (χ4n) is 5.30. The largest absolute Gasteiger partial charge is 0.396 e. The number of alkyl halides is 1. The molecular formula is C12H19BrO3. The molecule has 2 unspecified atom stereocenters. The van der Waals surface area contributed by atoms with E-state index in [1.165, 1.54) is 0 Å². The highest BCUT2D eigenvalue weighted by atomic mass is 79.9. The molecule has 0 aromatic heterocycles. The van der Waals surface area contributed by atoms with Crippen LogP contribution in [0.15, 0.2) is 0 Å². The molecule has 0 radical (unpaired) electrons. The quantitative estimate of drug-likeness (QED) is 0.681. The van der Waals surface area contributed by atoms with Gasteiger partial charge in [0, 0.05) is 35.0 Å². The van der Waals surface area contributed by atoms with Crippen LogP contribution < -0.4 is 0 Å². The van der Waals surface area contributed by atoms with E-state index in [1.54, 1.807) is 0 Å². The number of aliphatic hydroxyl groups is 3. The average Bonchev–Trinajstić information content (AvgIpc) is 2.56. The molecule has 0 aromatic rings. The van der Waals surface area contributed by atoms with Gasteiger partial charge in [-0.3, -0.25) is 0 Å². The van der Waals surface area contributed by atoms with E-state index in [4.69, 9.17) is 0 Å². The lowest BCUT2D eigenvalue weighted by atomic mass is 9.67. The summed E-state index contributed by atoms with van der Waals surface area (Å²) >= 11 is 3.80. The number of hydrogen-bond donors (Lipinski definition) is 3. The molecule has 2 atom stereocenters. The number of rotatable bonds is 3. The Morgan fingerprint density at radius 3 is 1.62 bits per heavy atom. The van der Waals surface area contributed by atoms with E-state index in [-0.39, 0.29) is 40.4 Å². The van der Waals surface area contributed by atoms with Crippen molar-refractivity contribution in [2.45, 2.75) is 36.4 Å². The van der Waals surface area contributed by atoms with Crippen LogP contribution in [-0.4, -0.2) is 39.5 Å². The Bertz CT molecular complexity index is 310. The van der Waals surface area contributed by atoms with Gasteiger partial charge in [0.25, 0.3) is 0 Å². The normalized spacial score (nSPS) is 58.5. The van der Waals surface area contributed by atoms with Crippen molar-refractivity contribution in [1.82, 2.24) is 0 Å². The molecule has 16 heavy (non-hydrogen) atoms. The van der Waals surface area contributed by atoms with Crippen LogP contribution >= 0.6 is 15.9 Å². The van der Waals surface area contributed by atoms with Crippen LogP contribution in [0.1, 0.15) is 32.1 Å². The molecule has 0 amide bonds. The van der Waals surface area contributed by atoms with Gasteiger partial charge in [-0.15, -0.1) is 0 Å². The first-order chi connectivity index (χ1) is 7.47. The van der Waals surface area contributed by atoms with Crippen molar-refractivity contribution in [1.29, 1.82) is 0 Å². The molecule has 4 rings (SSSR count). The van der Waals surface area contributed by atoms with Gasteiger partial charge in [-0.2, -0.15) is 0 Å². The predicted octanol–water partition coefficient (Wildman–Crippen LogP) is 1.05. The first-order valence-electron chi connectivity index (χ1n) is 5.98. The van der Waals surface area contributed by atoms with Crippen molar-refractivity contribution in [2.24, 2.45) is 16.2 Å². The minimum Gasteiger partial charge on any atom is -0.396 e. The third-order valence-electron chi connectivity index (χ3n) is 5.49. The van der Waals surface area contributed by atoms with Gasteiger partial charge in [-0.05, 0) is 37.5 Å². The van der Waals surface area contributed by atoms with Crippen LogP contribution in [0.4, 0.5) is 0 Å². The molecule has 92 valence electrons. The molecule has 0 saturated heterocycles. The molecule has 0 heterocycles. The Kier molecular flexibility index (Phi) is 2.16. The van der Waals surface area contributed by atoms with E-state index in [0.717, 1.165) is 32.1 Å². The minimum atomic E-state index is -0.160. The van der Waals surface area contributed by atoms with Crippen molar-refractivity contribution in [3.05, 3.63) is 0 Å². The molecule has 4 fully saturated rings. The summed E-state index contributed by atoms with van der Waals surface area (Å²) in [6.07, 6.45) is 4.62. The third kappa shape index (κ3) is 1.10. The Balaban J connectivity index is 2.09. The van der Waals surface area contributed by atoms with Gasteiger partial charge in [0.1, 0.15) is 0 Å². The second-order valence-electron chi connectivity index (χ2n) is 6.57. The fourth-order valence-corrected chi connectivity index (χ4v) is 6.97. The van der Waals surface area contributed by atoms with Gasteiger partial charge < -0.3 is 15.3 Å². The number of hydrogen-bond acceptors (Lipinski definition) is 3. The summed E-state index contributed by atoms with van der Waals surface area (Å²) < 4.78 is 0.0394. The van der Waals surface area contributed by atoms with E-state index < -0.39 is 0 Å². The third-order valence-corrected chi connectivity index (χ3v) is 6.34. The minimum absolute atomic E-state index is 0.0394. The highest BCUT2D eigenvalue weighted by Gasteiger charge is 2.74. The standard InChI is InChI=1S/C12H19BrO3/c13-12-3-9(6-14)1-10(4-12,7-15)11(2-9,5-12)8-16/h14-16H,1-8H2. The predicted molar refractivity (Wildman–Crippen MR) is 63.3 cm³/mol. The maximum absolute atomic E-state index is 9.77. The van der Waals surface area contributed by atoms with E-state index in [2.05, 4.69) is 15.9 Å². The van der Waals surface area contributed by atoms with Gasteiger partial charge in [-0.1, -0.05) is 15.9 Å². The lowest BCUT2D eigenvalue weighted by Crippen LogP contribution is -2.41. The zero-order valence-corrected chi connectivity index (χ0v) is 11.0. The molecule has 4 saturated carbocycles. The molecular weight excluding hydrogens is 272 g/mol.